The maximum absolute atomic E-state index is 12.6. The molecule has 27 heavy (non-hydrogen) atoms. The zero-order valence-corrected chi connectivity index (χ0v) is 16.1. The third-order valence-corrected chi connectivity index (χ3v) is 5.56. The van der Waals surface area contributed by atoms with Crippen molar-refractivity contribution in [3.05, 3.63) is 41.0 Å². The largest absolute Gasteiger partial charge is 0.483 e. The van der Waals surface area contributed by atoms with E-state index in [1.54, 1.807) is 0 Å². The van der Waals surface area contributed by atoms with Gasteiger partial charge in [-0.25, -0.2) is 0 Å². The maximum Gasteiger partial charge on any atom is 0.260 e. The van der Waals surface area contributed by atoms with Crippen LogP contribution in [0.15, 0.2) is 18.2 Å². The Bertz CT molecular complexity index is 824. The fourth-order valence-corrected chi connectivity index (χ4v) is 3.90. The number of piperidine rings is 1. The zero-order valence-electron chi connectivity index (χ0n) is 16.1. The average molecular weight is 369 g/mol. The number of benzene rings is 1. The molecule has 0 bridgehead atoms. The molecule has 0 spiro atoms. The van der Waals surface area contributed by atoms with Crippen molar-refractivity contribution in [3.63, 3.8) is 0 Å². The minimum Gasteiger partial charge on any atom is -0.483 e. The van der Waals surface area contributed by atoms with E-state index in [1.807, 2.05) is 36.9 Å². The molecule has 1 fully saturated rings. The first kappa shape index (κ1) is 18.0. The van der Waals surface area contributed by atoms with Crippen molar-refractivity contribution in [2.75, 3.05) is 26.2 Å². The van der Waals surface area contributed by atoms with Crippen LogP contribution < -0.4 is 10.1 Å². The highest BCUT2D eigenvalue weighted by molar-refractivity contribution is 5.78. The molecular formula is C20H27N5O2. The molecule has 144 valence electrons. The molecular weight excluding hydrogens is 342 g/mol. The summed E-state index contributed by atoms with van der Waals surface area (Å²) < 4.78 is 8.03. The van der Waals surface area contributed by atoms with Crippen molar-refractivity contribution in [2.24, 2.45) is 0 Å². The van der Waals surface area contributed by atoms with Crippen LogP contribution in [-0.2, 0) is 17.9 Å². The second-order valence-corrected chi connectivity index (χ2v) is 7.52. The summed E-state index contributed by atoms with van der Waals surface area (Å²) in [6.45, 7) is 8.31. The number of amides is 1. The lowest BCUT2D eigenvalue weighted by Gasteiger charge is -2.32. The van der Waals surface area contributed by atoms with Crippen molar-refractivity contribution >= 4 is 5.91 Å². The highest BCUT2D eigenvalue weighted by Gasteiger charge is 2.28. The van der Waals surface area contributed by atoms with E-state index < -0.39 is 0 Å². The van der Waals surface area contributed by atoms with Crippen LogP contribution in [0.2, 0.25) is 0 Å². The number of ether oxygens (including phenoxy) is 1. The second kappa shape index (κ2) is 7.68. The van der Waals surface area contributed by atoms with Crippen LogP contribution in [0.1, 0.15) is 41.5 Å². The number of nitrogens with one attached hydrogen (secondary N) is 1. The van der Waals surface area contributed by atoms with E-state index >= 15 is 0 Å². The molecule has 7 nitrogen and oxygen atoms in total. The Morgan fingerprint density at radius 3 is 2.85 bits per heavy atom. The molecule has 2 aliphatic rings. The van der Waals surface area contributed by atoms with Gasteiger partial charge in [-0.1, -0.05) is 12.1 Å². The van der Waals surface area contributed by atoms with Crippen LogP contribution in [0.3, 0.4) is 0 Å². The fourth-order valence-electron chi connectivity index (χ4n) is 3.90. The van der Waals surface area contributed by atoms with Crippen LogP contribution >= 0.6 is 0 Å². The van der Waals surface area contributed by atoms with Crippen molar-refractivity contribution < 1.29 is 9.53 Å². The van der Waals surface area contributed by atoms with Gasteiger partial charge in [0.25, 0.3) is 5.91 Å². The third kappa shape index (κ3) is 3.83. The molecule has 0 atom stereocenters. The molecule has 1 amide bonds. The van der Waals surface area contributed by atoms with E-state index in [-0.39, 0.29) is 12.5 Å². The first-order valence-corrected chi connectivity index (χ1v) is 9.72. The summed E-state index contributed by atoms with van der Waals surface area (Å²) in [5.74, 6) is 3.35. The predicted molar refractivity (Wildman–Crippen MR) is 102 cm³/mol. The summed E-state index contributed by atoms with van der Waals surface area (Å²) >= 11 is 0. The lowest BCUT2D eigenvalue weighted by molar-refractivity contribution is -0.134. The molecule has 1 saturated heterocycles. The summed E-state index contributed by atoms with van der Waals surface area (Å²) in [4.78, 5) is 14.5. The standard InChI is InChI=1S/C20H27N5O2/c1-14-3-4-15(2)17(11-14)27-13-19(26)24-8-5-16(6-9-24)20-23-22-18-12-21-7-10-25(18)20/h3-4,11,16,21H,5-10,12-13H2,1-2H3. The zero-order chi connectivity index (χ0) is 18.8. The van der Waals surface area contributed by atoms with Crippen molar-refractivity contribution in [1.82, 2.24) is 25.0 Å². The van der Waals surface area contributed by atoms with E-state index in [2.05, 4.69) is 20.1 Å². The predicted octanol–water partition coefficient (Wildman–Crippen LogP) is 1.78. The highest BCUT2D eigenvalue weighted by atomic mass is 16.5. The number of aromatic nitrogens is 3. The molecule has 1 N–H and O–H groups in total. The Kier molecular flexibility index (Phi) is 5.11. The molecule has 0 aliphatic carbocycles. The van der Waals surface area contributed by atoms with Crippen molar-refractivity contribution in [2.45, 2.75) is 45.7 Å². The number of rotatable bonds is 4. The first-order valence-electron chi connectivity index (χ1n) is 9.72. The summed E-state index contributed by atoms with van der Waals surface area (Å²) in [6.07, 6.45) is 1.86. The Hall–Kier alpha value is -2.41. The molecule has 0 radical (unpaired) electrons. The Balaban J connectivity index is 1.32. The molecule has 4 rings (SSSR count). The van der Waals surface area contributed by atoms with E-state index in [4.69, 9.17) is 4.74 Å². The lowest BCUT2D eigenvalue weighted by atomic mass is 9.95. The summed E-state index contributed by atoms with van der Waals surface area (Å²) in [5, 5.41) is 12.1. The minimum absolute atomic E-state index is 0.0572. The normalized spacial score (nSPS) is 17.6. The van der Waals surface area contributed by atoms with E-state index in [0.29, 0.717) is 5.92 Å². The first-order chi connectivity index (χ1) is 13.1. The van der Waals surface area contributed by atoms with Gasteiger partial charge in [0, 0.05) is 32.1 Å². The molecule has 0 saturated carbocycles. The molecule has 7 heteroatoms. The Morgan fingerprint density at radius 1 is 1.22 bits per heavy atom. The monoisotopic (exact) mass is 369 g/mol. The lowest BCUT2D eigenvalue weighted by Crippen LogP contribution is -2.41. The summed E-state index contributed by atoms with van der Waals surface area (Å²) in [5.41, 5.74) is 2.19. The van der Waals surface area contributed by atoms with Gasteiger partial charge in [-0.05, 0) is 43.9 Å². The van der Waals surface area contributed by atoms with Crippen molar-refractivity contribution in [1.29, 1.82) is 0 Å². The number of carbonyl (C=O) groups is 1. The molecule has 3 heterocycles. The SMILES string of the molecule is Cc1ccc(C)c(OCC(=O)N2CCC(c3nnc4n3CCNC4)CC2)c1. The molecule has 1 aromatic carbocycles. The molecule has 0 unspecified atom stereocenters. The summed E-state index contributed by atoms with van der Waals surface area (Å²) in [6, 6.07) is 6.06. The van der Waals surface area contributed by atoms with E-state index in [9.17, 15) is 4.79 Å². The van der Waals surface area contributed by atoms with Crippen LogP contribution in [0.4, 0.5) is 0 Å². The summed E-state index contributed by atoms with van der Waals surface area (Å²) in [7, 11) is 0. The topological polar surface area (TPSA) is 72.3 Å². The average Bonchev–Trinajstić information content (AvgIpc) is 3.13. The van der Waals surface area contributed by atoms with Gasteiger partial charge >= 0.3 is 0 Å². The van der Waals surface area contributed by atoms with Crippen molar-refractivity contribution in [3.8, 4) is 5.75 Å². The number of carbonyl (C=O) groups excluding carboxylic acids is 1. The van der Waals surface area contributed by atoms with Crippen LogP contribution in [0.25, 0.3) is 0 Å². The number of aryl methyl sites for hydroxylation is 2. The van der Waals surface area contributed by atoms with Crippen LogP contribution in [0.5, 0.6) is 5.75 Å². The van der Waals surface area contributed by atoms with Gasteiger partial charge in [-0.15, -0.1) is 10.2 Å². The quantitative estimate of drug-likeness (QED) is 0.889. The minimum atomic E-state index is 0.0572. The maximum atomic E-state index is 12.6. The number of fused-ring (bicyclic) bond motifs is 1. The molecule has 2 aromatic rings. The van der Waals surface area contributed by atoms with Crippen LogP contribution in [0, 0.1) is 13.8 Å². The van der Waals surface area contributed by atoms with Gasteiger partial charge in [-0.3, -0.25) is 4.79 Å². The second-order valence-electron chi connectivity index (χ2n) is 7.52. The van der Waals surface area contributed by atoms with Gasteiger partial charge < -0.3 is 19.5 Å². The van der Waals surface area contributed by atoms with Gasteiger partial charge in [-0.2, -0.15) is 0 Å². The van der Waals surface area contributed by atoms with Gasteiger partial charge in [0.1, 0.15) is 17.4 Å². The van der Waals surface area contributed by atoms with E-state index in [1.165, 1.54) is 0 Å². The van der Waals surface area contributed by atoms with Gasteiger partial charge in [0.2, 0.25) is 0 Å². The number of nitrogens with zero attached hydrogens (tertiary/aromatic N) is 4. The smallest absolute Gasteiger partial charge is 0.260 e. The van der Waals surface area contributed by atoms with Crippen LogP contribution in [-0.4, -0.2) is 51.8 Å². The fraction of sp³-hybridized carbons (Fsp3) is 0.550. The number of likely N-dealkylation sites (tertiary alicyclic amines) is 1. The number of hydrogen-bond acceptors (Lipinski definition) is 5. The van der Waals surface area contributed by atoms with Gasteiger partial charge in [0.05, 0.1) is 6.54 Å². The highest BCUT2D eigenvalue weighted by Crippen LogP contribution is 2.28. The Morgan fingerprint density at radius 2 is 2.04 bits per heavy atom. The van der Waals surface area contributed by atoms with Gasteiger partial charge in [0.15, 0.2) is 6.61 Å². The molecule has 1 aromatic heterocycles. The van der Waals surface area contributed by atoms with E-state index in [0.717, 1.165) is 74.1 Å². The Labute approximate surface area is 159 Å². The third-order valence-electron chi connectivity index (χ3n) is 5.56. The molecule has 2 aliphatic heterocycles. The number of hydrogen-bond donors (Lipinski definition) is 1.